The number of carboxylic acids is 1. The SMILES string of the molecule is O=C(O)c1c(F)c(F)c(NC2CCCCC2)c(F)c1F. The van der Waals surface area contributed by atoms with Crippen LogP contribution >= 0.6 is 0 Å². The van der Waals surface area contributed by atoms with Gasteiger partial charge in [0.15, 0.2) is 23.3 Å². The molecule has 1 aliphatic rings. The Balaban J connectivity index is 2.41. The van der Waals surface area contributed by atoms with Gasteiger partial charge in [-0.15, -0.1) is 0 Å². The number of hydrogen-bond donors (Lipinski definition) is 2. The van der Waals surface area contributed by atoms with Crippen molar-refractivity contribution in [2.75, 3.05) is 5.32 Å². The van der Waals surface area contributed by atoms with E-state index in [0.717, 1.165) is 19.3 Å². The second-order valence-electron chi connectivity index (χ2n) is 4.79. The summed E-state index contributed by atoms with van der Waals surface area (Å²) in [5, 5.41) is 11.0. The van der Waals surface area contributed by atoms with E-state index in [-0.39, 0.29) is 6.04 Å². The van der Waals surface area contributed by atoms with Gasteiger partial charge in [0.25, 0.3) is 0 Å². The standard InChI is InChI=1S/C13H13F4NO2/c14-8-7(13(19)20)9(15)11(17)12(10(8)16)18-6-4-2-1-3-5-6/h6,18H,1-5H2,(H,19,20). The third-order valence-corrected chi connectivity index (χ3v) is 3.43. The quantitative estimate of drug-likeness (QED) is 0.659. The molecule has 0 radical (unpaired) electrons. The van der Waals surface area contributed by atoms with Crippen molar-refractivity contribution in [1.29, 1.82) is 0 Å². The second kappa shape index (κ2) is 5.68. The molecule has 0 amide bonds. The number of hydrogen-bond acceptors (Lipinski definition) is 2. The summed E-state index contributed by atoms with van der Waals surface area (Å²) < 4.78 is 54.4. The Hall–Kier alpha value is -1.79. The van der Waals surface area contributed by atoms with Crippen molar-refractivity contribution in [1.82, 2.24) is 0 Å². The topological polar surface area (TPSA) is 49.3 Å². The Morgan fingerprint density at radius 2 is 1.45 bits per heavy atom. The van der Waals surface area contributed by atoms with Crippen LogP contribution in [-0.2, 0) is 0 Å². The van der Waals surface area contributed by atoms with Crippen LogP contribution in [0.5, 0.6) is 0 Å². The average Bonchev–Trinajstić information content (AvgIpc) is 2.42. The van der Waals surface area contributed by atoms with Crippen LogP contribution < -0.4 is 5.32 Å². The Bertz CT molecular complexity index is 513. The smallest absolute Gasteiger partial charge is 0.341 e. The first-order chi connectivity index (χ1) is 9.43. The number of carboxylic acid groups (broad SMARTS) is 1. The average molecular weight is 291 g/mol. The molecule has 0 bridgehead atoms. The maximum Gasteiger partial charge on any atom is 0.341 e. The lowest BCUT2D eigenvalue weighted by Gasteiger charge is -2.24. The van der Waals surface area contributed by atoms with Crippen molar-refractivity contribution in [3.8, 4) is 0 Å². The third-order valence-electron chi connectivity index (χ3n) is 3.43. The number of anilines is 1. The van der Waals surface area contributed by atoms with E-state index < -0.39 is 40.5 Å². The highest BCUT2D eigenvalue weighted by Gasteiger charge is 2.30. The van der Waals surface area contributed by atoms with Gasteiger partial charge in [0.2, 0.25) is 0 Å². The fourth-order valence-corrected chi connectivity index (χ4v) is 2.40. The first kappa shape index (κ1) is 14.6. The zero-order chi connectivity index (χ0) is 14.9. The summed E-state index contributed by atoms with van der Waals surface area (Å²) in [6.45, 7) is 0. The van der Waals surface area contributed by atoms with Crippen LogP contribution in [0.15, 0.2) is 0 Å². The van der Waals surface area contributed by atoms with Crippen molar-refractivity contribution in [3.63, 3.8) is 0 Å². The van der Waals surface area contributed by atoms with E-state index in [1.54, 1.807) is 0 Å². The molecular weight excluding hydrogens is 278 g/mol. The van der Waals surface area contributed by atoms with Gasteiger partial charge in [-0.2, -0.15) is 0 Å². The van der Waals surface area contributed by atoms with Crippen LogP contribution in [0.1, 0.15) is 42.5 Å². The Morgan fingerprint density at radius 3 is 1.90 bits per heavy atom. The molecule has 0 heterocycles. The molecule has 20 heavy (non-hydrogen) atoms. The fourth-order valence-electron chi connectivity index (χ4n) is 2.40. The summed E-state index contributed by atoms with van der Waals surface area (Å²) in [4.78, 5) is 10.6. The van der Waals surface area contributed by atoms with Gasteiger partial charge in [-0.05, 0) is 12.8 Å². The molecule has 0 aromatic heterocycles. The van der Waals surface area contributed by atoms with Crippen LogP contribution in [0.25, 0.3) is 0 Å². The maximum atomic E-state index is 13.7. The molecule has 1 aromatic carbocycles. The summed E-state index contributed by atoms with van der Waals surface area (Å²) in [5.74, 6) is -9.25. The molecule has 0 saturated heterocycles. The number of rotatable bonds is 3. The summed E-state index contributed by atoms with van der Waals surface area (Å²) in [5.41, 5.74) is -2.55. The van der Waals surface area contributed by atoms with Gasteiger partial charge in [-0.25, -0.2) is 22.4 Å². The van der Waals surface area contributed by atoms with Crippen LogP contribution in [-0.4, -0.2) is 17.1 Å². The van der Waals surface area contributed by atoms with Crippen LogP contribution in [0.4, 0.5) is 23.2 Å². The van der Waals surface area contributed by atoms with E-state index in [0.29, 0.717) is 12.8 Å². The van der Waals surface area contributed by atoms with E-state index in [1.165, 1.54) is 0 Å². The number of benzene rings is 1. The zero-order valence-corrected chi connectivity index (χ0v) is 10.5. The molecule has 2 rings (SSSR count). The van der Waals surface area contributed by atoms with E-state index in [1.807, 2.05) is 0 Å². The summed E-state index contributed by atoms with van der Waals surface area (Å²) in [6, 6.07) is -0.276. The zero-order valence-electron chi connectivity index (χ0n) is 10.5. The first-order valence-electron chi connectivity index (χ1n) is 6.29. The van der Waals surface area contributed by atoms with Crippen molar-refractivity contribution >= 4 is 11.7 Å². The van der Waals surface area contributed by atoms with Gasteiger partial charge in [0, 0.05) is 6.04 Å². The lowest BCUT2D eigenvalue weighted by atomic mass is 9.95. The highest BCUT2D eigenvalue weighted by molar-refractivity contribution is 5.89. The Morgan fingerprint density at radius 1 is 0.950 bits per heavy atom. The van der Waals surface area contributed by atoms with E-state index in [4.69, 9.17) is 5.11 Å². The largest absolute Gasteiger partial charge is 0.477 e. The van der Waals surface area contributed by atoms with Gasteiger partial charge in [-0.3, -0.25) is 0 Å². The van der Waals surface area contributed by atoms with Crippen molar-refractivity contribution < 1.29 is 27.5 Å². The molecular formula is C13H13F4NO2. The molecule has 1 fully saturated rings. The molecule has 1 aromatic rings. The lowest BCUT2D eigenvalue weighted by Crippen LogP contribution is -2.25. The lowest BCUT2D eigenvalue weighted by molar-refractivity contribution is 0.0683. The minimum Gasteiger partial charge on any atom is -0.477 e. The molecule has 0 aliphatic heterocycles. The van der Waals surface area contributed by atoms with E-state index >= 15 is 0 Å². The van der Waals surface area contributed by atoms with Gasteiger partial charge in [-0.1, -0.05) is 19.3 Å². The summed E-state index contributed by atoms with van der Waals surface area (Å²) >= 11 is 0. The minimum atomic E-state index is -2.05. The number of aromatic carboxylic acids is 1. The van der Waals surface area contributed by atoms with Crippen molar-refractivity contribution in [2.45, 2.75) is 38.1 Å². The molecule has 7 heteroatoms. The third kappa shape index (κ3) is 2.57. The molecule has 110 valence electrons. The molecule has 1 saturated carbocycles. The molecule has 0 atom stereocenters. The second-order valence-corrected chi connectivity index (χ2v) is 4.79. The van der Waals surface area contributed by atoms with Gasteiger partial charge < -0.3 is 10.4 Å². The van der Waals surface area contributed by atoms with E-state index in [2.05, 4.69) is 5.32 Å². The van der Waals surface area contributed by atoms with Crippen LogP contribution in [0.2, 0.25) is 0 Å². The Kier molecular flexibility index (Phi) is 4.15. The number of nitrogens with one attached hydrogen (secondary N) is 1. The number of carbonyl (C=O) groups is 1. The summed E-state index contributed by atoms with van der Waals surface area (Å²) in [7, 11) is 0. The normalized spacial score (nSPS) is 16.2. The summed E-state index contributed by atoms with van der Waals surface area (Å²) in [6.07, 6.45) is 4.01. The molecule has 0 spiro atoms. The van der Waals surface area contributed by atoms with E-state index in [9.17, 15) is 22.4 Å². The van der Waals surface area contributed by atoms with Crippen LogP contribution in [0, 0.1) is 23.3 Å². The fraction of sp³-hybridized carbons (Fsp3) is 0.462. The van der Waals surface area contributed by atoms with Crippen LogP contribution in [0.3, 0.4) is 0 Å². The van der Waals surface area contributed by atoms with Crippen molar-refractivity contribution in [2.24, 2.45) is 0 Å². The predicted molar refractivity (Wildman–Crippen MR) is 63.7 cm³/mol. The highest BCUT2D eigenvalue weighted by Crippen LogP contribution is 2.30. The van der Waals surface area contributed by atoms with Crippen molar-refractivity contribution in [3.05, 3.63) is 28.8 Å². The van der Waals surface area contributed by atoms with Gasteiger partial charge >= 0.3 is 5.97 Å². The number of halogens is 4. The molecule has 1 aliphatic carbocycles. The molecule has 0 unspecified atom stereocenters. The maximum absolute atomic E-state index is 13.7. The van der Waals surface area contributed by atoms with Gasteiger partial charge in [0.1, 0.15) is 11.3 Å². The monoisotopic (exact) mass is 291 g/mol. The molecule has 2 N–H and O–H groups in total. The highest BCUT2D eigenvalue weighted by atomic mass is 19.2. The van der Waals surface area contributed by atoms with Gasteiger partial charge in [0.05, 0.1) is 0 Å². The minimum absolute atomic E-state index is 0.276. The first-order valence-corrected chi connectivity index (χ1v) is 6.29. The Labute approximate surface area is 112 Å². The molecule has 3 nitrogen and oxygen atoms in total. The predicted octanol–water partition coefficient (Wildman–Crippen LogP) is 3.69.